The summed E-state index contributed by atoms with van der Waals surface area (Å²) in [5, 5.41) is 31.8. The number of fused-ring (bicyclic) bond motifs is 1. The van der Waals surface area contributed by atoms with Crippen LogP contribution < -0.4 is 21.9 Å². The molecule has 0 radical (unpaired) electrons. The quantitative estimate of drug-likeness (QED) is 0.129. The van der Waals surface area contributed by atoms with E-state index < -0.39 is 78.0 Å². The molecule has 0 unspecified atom stereocenters. The van der Waals surface area contributed by atoms with E-state index in [0.29, 0.717) is 35.0 Å². The Labute approximate surface area is 230 Å². The molecule has 3 aromatic rings. The molecule has 41 heavy (non-hydrogen) atoms. The van der Waals surface area contributed by atoms with E-state index in [-0.39, 0.29) is 12.4 Å². The number of hydrogen-bond acceptors (Lipinski definition) is 8. The summed E-state index contributed by atoms with van der Waals surface area (Å²) in [7, 11) is 0. The number of carbonyl (C=O) groups is 5. The summed E-state index contributed by atoms with van der Waals surface area (Å²) in [5.41, 5.74) is 6.10. The van der Waals surface area contributed by atoms with Crippen molar-refractivity contribution in [3.05, 3.63) is 57.3 Å². The highest BCUT2D eigenvalue weighted by molar-refractivity contribution is 5.97. The standard InChI is InChI=1S/C25H27FN6O9/c26-14-9-11(1-3-12-10-28-20-19(12)22(37)32-25(27)31-20)2-4-13(14)21(36)30-16(24(40)41)5-7-17(33)29-15(23(38)39)6-8-18(34)35/h2,4,9-10,15-16H,1,3,5-8H2,(H,29,33)(H,30,36)(H,34,35)(H,38,39)(H,40,41)(H4,27,28,31,32,37)/t15-,16-/m0/s1. The van der Waals surface area contributed by atoms with E-state index in [1.54, 1.807) is 6.20 Å². The smallest absolute Gasteiger partial charge is 0.326 e. The minimum Gasteiger partial charge on any atom is -0.481 e. The Balaban J connectivity index is 1.59. The minimum absolute atomic E-state index is 0.0416. The largest absolute Gasteiger partial charge is 0.481 e. The lowest BCUT2D eigenvalue weighted by molar-refractivity contribution is -0.143. The van der Waals surface area contributed by atoms with Gasteiger partial charge in [-0.05, 0) is 48.9 Å². The molecule has 0 aliphatic heterocycles. The predicted molar refractivity (Wildman–Crippen MR) is 139 cm³/mol. The number of nitrogens with two attached hydrogens (primary N) is 1. The Bertz CT molecular complexity index is 1550. The molecular weight excluding hydrogens is 547 g/mol. The van der Waals surface area contributed by atoms with Crippen LogP contribution in [0.2, 0.25) is 0 Å². The number of benzene rings is 1. The fourth-order valence-electron chi connectivity index (χ4n) is 4.06. The van der Waals surface area contributed by atoms with Gasteiger partial charge in [0.1, 0.15) is 23.5 Å². The van der Waals surface area contributed by atoms with E-state index in [4.69, 9.17) is 15.9 Å². The molecule has 0 aliphatic rings. The van der Waals surface area contributed by atoms with Gasteiger partial charge >= 0.3 is 17.9 Å². The highest BCUT2D eigenvalue weighted by Crippen LogP contribution is 2.17. The van der Waals surface area contributed by atoms with Crippen molar-refractivity contribution in [1.29, 1.82) is 0 Å². The molecule has 0 bridgehead atoms. The molecule has 0 saturated carbocycles. The summed E-state index contributed by atoms with van der Waals surface area (Å²) in [4.78, 5) is 79.7. The highest BCUT2D eigenvalue weighted by Gasteiger charge is 2.25. The summed E-state index contributed by atoms with van der Waals surface area (Å²) in [6.45, 7) is 0. The van der Waals surface area contributed by atoms with Crippen molar-refractivity contribution < 1.29 is 43.7 Å². The van der Waals surface area contributed by atoms with E-state index in [9.17, 15) is 38.3 Å². The highest BCUT2D eigenvalue weighted by atomic mass is 19.1. The molecule has 0 saturated heterocycles. The second-order valence-electron chi connectivity index (χ2n) is 9.10. The first-order chi connectivity index (χ1) is 19.3. The maximum Gasteiger partial charge on any atom is 0.326 e. The Morgan fingerprint density at radius 3 is 2.27 bits per heavy atom. The zero-order chi connectivity index (χ0) is 30.3. The van der Waals surface area contributed by atoms with Crippen LogP contribution in [0, 0.1) is 5.82 Å². The molecule has 2 heterocycles. The predicted octanol–water partition coefficient (Wildman–Crippen LogP) is 0.155. The SMILES string of the molecule is Nc1nc2[nH]cc(CCc3ccc(C(=O)N[C@@H](CCC(=O)N[C@@H](CCC(=O)O)C(=O)O)C(=O)O)c(F)c3)c2c(=O)[nH]1. The molecule has 15 nitrogen and oxygen atoms in total. The lowest BCUT2D eigenvalue weighted by atomic mass is 10.0. The number of H-pyrrole nitrogens is 2. The van der Waals surface area contributed by atoms with Gasteiger partial charge in [0.25, 0.3) is 11.5 Å². The van der Waals surface area contributed by atoms with Crippen LogP contribution in [-0.4, -0.2) is 72.1 Å². The molecule has 0 aliphatic carbocycles. The Hall–Kier alpha value is -5.28. The maximum absolute atomic E-state index is 14.8. The fourth-order valence-corrected chi connectivity index (χ4v) is 4.06. The van der Waals surface area contributed by atoms with E-state index in [2.05, 4.69) is 25.6 Å². The number of amides is 2. The van der Waals surface area contributed by atoms with Gasteiger partial charge < -0.3 is 36.7 Å². The van der Waals surface area contributed by atoms with Gasteiger partial charge in [-0.15, -0.1) is 0 Å². The zero-order valence-electron chi connectivity index (χ0n) is 21.4. The number of hydrogen-bond donors (Lipinski definition) is 8. The number of aromatic nitrogens is 3. The van der Waals surface area contributed by atoms with Crippen molar-refractivity contribution in [3.63, 3.8) is 0 Å². The van der Waals surface area contributed by atoms with Crippen LogP contribution in [0.5, 0.6) is 0 Å². The number of carbonyl (C=O) groups excluding carboxylic acids is 2. The van der Waals surface area contributed by atoms with Crippen LogP contribution >= 0.6 is 0 Å². The van der Waals surface area contributed by atoms with Gasteiger partial charge in [0.05, 0.1) is 10.9 Å². The molecular formula is C25H27FN6O9. The van der Waals surface area contributed by atoms with Gasteiger partial charge in [0.15, 0.2) is 0 Å². The van der Waals surface area contributed by atoms with Gasteiger partial charge in [0.2, 0.25) is 11.9 Å². The van der Waals surface area contributed by atoms with Crippen molar-refractivity contribution in [2.75, 3.05) is 5.73 Å². The summed E-state index contributed by atoms with van der Waals surface area (Å²) in [5.74, 6) is -7.09. The van der Waals surface area contributed by atoms with E-state index in [1.807, 2.05) is 0 Å². The van der Waals surface area contributed by atoms with E-state index >= 15 is 0 Å². The molecule has 1 aromatic carbocycles. The molecule has 0 fully saturated rings. The monoisotopic (exact) mass is 574 g/mol. The van der Waals surface area contributed by atoms with Gasteiger partial charge in [-0.3, -0.25) is 24.2 Å². The zero-order valence-corrected chi connectivity index (χ0v) is 21.4. The van der Waals surface area contributed by atoms with Gasteiger partial charge in [-0.25, -0.2) is 14.0 Å². The number of nitrogen functional groups attached to an aromatic ring is 1. The molecule has 0 spiro atoms. The first-order valence-electron chi connectivity index (χ1n) is 12.3. The lowest BCUT2D eigenvalue weighted by Gasteiger charge is -2.17. The Morgan fingerprint density at radius 1 is 0.976 bits per heavy atom. The van der Waals surface area contributed by atoms with Crippen molar-refractivity contribution >= 4 is 46.7 Å². The molecule has 2 aromatic heterocycles. The molecule has 9 N–H and O–H groups in total. The van der Waals surface area contributed by atoms with Crippen LogP contribution in [-0.2, 0) is 32.0 Å². The van der Waals surface area contributed by atoms with E-state index in [0.717, 1.165) is 6.07 Å². The number of aromatic amines is 2. The maximum atomic E-state index is 14.8. The minimum atomic E-state index is -1.60. The van der Waals surface area contributed by atoms with Crippen LogP contribution in [0.25, 0.3) is 11.0 Å². The van der Waals surface area contributed by atoms with Gasteiger partial charge in [0, 0.05) is 19.0 Å². The Morgan fingerprint density at radius 2 is 1.63 bits per heavy atom. The number of carboxylic acid groups (broad SMARTS) is 3. The average Bonchev–Trinajstić information content (AvgIpc) is 3.30. The normalized spacial score (nSPS) is 12.4. The van der Waals surface area contributed by atoms with Crippen LogP contribution in [0.4, 0.5) is 10.3 Å². The molecule has 16 heteroatoms. The lowest BCUT2D eigenvalue weighted by Crippen LogP contribution is -2.44. The number of anilines is 1. The first kappa shape index (κ1) is 30.3. The van der Waals surface area contributed by atoms with Gasteiger partial charge in [-0.1, -0.05) is 6.07 Å². The third-order valence-electron chi connectivity index (χ3n) is 6.15. The number of carboxylic acids is 3. The van der Waals surface area contributed by atoms with Crippen LogP contribution in [0.3, 0.4) is 0 Å². The van der Waals surface area contributed by atoms with Crippen LogP contribution in [0.1, 0.15) is 47.2 Å². The first-order valence-corrected chi connectivity index (χ1v) is 12.3. The Kier molecular flexibility index (Phi) is 9.73. The number of aliphatic carboxylic acids is 3. The van der Waals surface area contributed by atoms with Crippen molar-refractivity contribution in [1.82, 2.24) is 25.6 Å². The van der Waals surface area contributed by atoms with Crippen molar-refractivity contribution in [2.45, 2.75) is 50.6 Å². The molecule has 2 atom stereocenters. The van der Waals surface area contributed by atoms with Crippen LogP contribution in [0.15, 0.2) is 29.2 Å². The fraction of sp³-hybridized carbons (Fsp3) is 0.320. The number of nitrogens with zero attached hydrogens (tertiary/aromatic N) is 1. The number of halogens is 1. The third kappa shape index (κ3) is 8.11. The second kappa shape index (κ2) is 13.2. The summed E-state index contributed by atoms with van der Waals surface area (Å²) in [6, 6.07) is 0.667. The third-order valence-corrected chi connectivity index (χ3v) is 6.15. The molecule has 218 valence electrons. The summed E-state index contributed by atoms with van der Waals surface area (Å²) >= 11 is 0. The number of aryl methyl sites for hydroxylation is 2. The average molecular weight is 575 g/mol. The van der Waals surface area contributed by atoms with Gasteiger partial charge in [-0.2, -0.15) is 4.98 Å². The molecule has 2 amide bonds. The second-order valence-corrected chi connectivity index (χ2v) is 9.10. The summed E-state index contributed by atoms with van der Waals surface area (Å²) < 4.78 is 14.8. The number of nitrogens with one attached hydrogen (secondary N) is 4. The van der Waals surface area contributed by atoms with Crippen molar-refractivity contribution in [3.8, 4) is 0 Å². The summed E-state index contributed by atoms with van der Waals surface area (Å²) in [6.07, 6.45) is 0.391. The van der Waals surface area contributed by atoms with E-state index in [1.165, 1.54) is 12.1 Å². The topological polar surface area (TPSA) is 258 Å². The number of rotatable bonds is 14. The molecule has 3 rings (SSSR count). The van der Waals surface area contributed by atoms with Crippen molar-refractivity contribution in [2.24, 2.45) is 0 Å².